The van der Waals surface area contributed by atoms with E-state index in [1.807, 2.05) is 13.0 Å². The maximum absolute atomic E-state index is 12.0. The fourth-order valence-corrected chi connectivity index (χ4v) is 2.13. The summed E-state index contributed by atoms with van der Waals surface area (Å²) in [7, 11) is 0. The molecule has 26 heavy (non-hydrogen) atoms. The highest BCUT2D eigenvalue weighted by Crippen LogP contribution is 2.15. The topological polar surface area (TPSA) is 88.4 Å². The fourth-order valence-electron chi connectivity index (χ4n) is 2.13. The number of nitrogens with one attached hydrogen (secondary N) is 1. The molecule has 0 aliphatic heterocycles. The summed E-state index contributed by atoms with van der Waals surface area (Å²) in [5, 5.41) is 11.6. The second-order valence-electron chi connectivity index (χ2n) is 5.46. The van der Waals surface area contributed by atoms with E-state index in [-0.39, 0.29) is 18.9 Å². The molecule has 2 aromatic carbocycles. The number of hydrogen-bond acceptors (Lipinski definition) is 5. The Hall–Kier alpha value is -3.33. The smallest absolute Gasteiger partial charge is 0.338 e. The molecule has 0 aromatic heterocycles. The molecule has 0 unspecified atom stereocenters. The SMILES string of the molecule is CCCOc1ccc(C(=O)OCCC(=O)Nc2ccccc2C#N)cc1. The maximum atomic E-state index is 12.0. The molecule has 1 amide bonds. The van der Waals surface area contributed by atoms with Crippen LogP contribution in [-0.4, -0.2) is 25.1 Å². The molecule has 0 aliphatic carbocycles. The molecule has 0 heterocycles. The minimum atomic E-state index is -0.503. The molecular formula is C20H20N2O4. The maximum Gasteiger partial charge on any atom is 0.338 e. The van der Waals surface area contributed by atoms with Gasteiger partial charge in [0.1, 0.15) is 18.4 Å². The molecule has 0 spiro atoms. The van der Waals surface area contributed by atoms with Crippen LogP contribution in [0.4, 0.5) is 5.69 Å². The molecule has 0 saturated carbocycles. The minimum Gasteiger partial charge on any atom is -0.494 e. The van der Waals surface area contributed by atoms with Crippen molar-refractivity contribution in [2.24, 2.45) is 0 Å². The molecule has 0 radical (unpaired) electrons. The lowest BCUT2D eigenvalue weighted by Crippen LogP contribution is -2.16. The van der Waals surface area contributed by atoms with Crippen molar-refractivity contribution in [3.63, 3.8) is 0 Å². The first kappa shape index (κ1) is 19.0. The zero-order chi connectivity index (χ0) is 18.8. The van der Waals surface area contributed by atoms with Crippen LogP contribution >= 0.6 is 0 Å². The lowest BCUT2D eigenvalue weighted by Gasteiger charge is -2.08. The van der Waals surface area contributed by atoms with E-state index in [1.165, 1.54) is 0 Å². The second-order valence-corrected chi connectivity index (χ2v) is 5.46. The summed E-state index contributed by atoms with van der Waals surface area (Å²) in [6.45, 7) is 2.59. The second kappa shape index (κ2) is 9.84. The standard InChI is InChI=1S/C20H20N2O4/c1-2-12-25-17-9-7-15(8-10-17)20(24)26-13-11-19(23)22-18-6-4-3-5-16(18)14-21/h3-10H,2,11-13H2,1H3,(H,22,23). The summed E-state index contributed by atoms with van der Waals surface area (Å²) in [5.41, 5.74) is 1.21. The summed E-state index contributed by atoms with van der Waals surface area (Å²) < 4.78 is 10.6. The summed E-state index contributed by atoms with van der Waals surface area (Å²) in [5.74, 6) is -0.139. The van der Waals surface area contributed by atoms with Gasteiger partial charge in [-0.1, -0.05) is 19.1 Å². The Kier molecular flexibility index (Phi) is 7.19. The number of esters is 1. The van der Waals surface area contributed by atoms with Crippen LogP contribution in [0.5, 0.6) is 5.75 Å². The van der Waals surface area contributed by atoms with Gasteiger partial charge in [-0.2, -0.15) is 5.26 Å². The number of hydrogen-bond donors (Lipinski definition) is 1. The lowest BCUT2D eigenvalue weighted by atomic mass is 10.2. The molecule has 0 saturated heterocycles. The van der Waals surface area contributed by atoms with Crippen molar-refractivity contribution < 1.29 is 19.1 Å². The van der Waals surface area contributed by atoms with Crippen LogP contribution in [-0.2, 0) is 9.53 Å². The zero-order valence-electron chi connectivity index (χ0n) is 14.5. The molecule has 0 aliphatic rings. The van der Waals surface area contributed by atoms with Crippen molar-refractivity contribution in [3.05, 3.63) is 59.7 Å². The van der Waals surface area contributed by atoms with Gasteiger partial charge in [0, 0.05) is 0 Å². The number of carbonyl (C=O) groups is 2. The van der Waals surface area contributed by atoms with Gasteiger partial charge in [0.15, 0.2) is 0 Å². The Labute approximate surface area is 152 Å². The van der Waals surface area contributed by atoms with E-state index in [4.69, 9.17) is 14.7 Å². The van der Waals surface area contributed by atoms with E-state index in [0.717, 1.165) is 6.42 Å². The van der Waals surface area contributed by atoms with E-state index >= 15 is 0 Å². The average Bonchev–Trinajstić information content (AvgIpc) is 2.67. The molecule has 6 nitrogen and oxygen atoms in total. The van der Waals surface area contributed by atoms with Crippen molar-refractivity contribution in [2.45, 2.75) is 19.8 Å². The fraction of sp³-hybridized carbons (Fsp3) is 0.250. The third kappa shape index (κ3) is 5.64. The Morgan fingerprint density at radius 3 is 2.50 bits per heavy atom. The van der Waals surface area contributed by atoms with Crippen LogP contribution in [0.2, 0.25) is 0 Å². The third-order valence-corrected chi connectivity index (χ3v) is 3.45. The number of ether oxygens (including phenoxy) is 2. The Morgan fingerprint density at radius 1 is 1.08 bits per heavy atom. The van der Waals surface area contributed by atoms with Gasteiger partial charge >= 0.3 is 5.97 Å². The normalized spacial score (nSPS) is 9.85. The third-order valence-electron chi connectivity index (χ3n) is 3.45. The summed E-state index contributed by atoms with van der Waals surface area (Å²) in [6.07, 6.45) is 0.911. The first-order chi connectivity index (χ1) is 12.6. The van der Waals surface area contributed by atoms with Crippen LogP contribution in [0.25, 0.3) is 0 Å². The lowest BCUT2D eigenvalue weighted by molar-refractivity contribution is -0.116. The van der Waals surface area contributed by atoms with Gasteiger partial charge in [0.2, 0.25) is 5.91 Å². The predicted octanol–water partition coefficient (Wildman–Crippen LogP) is 3.53. The van der Waals surface area contributed by atoms with E-state index in [0.29, 0.717) is 29.2 Å². The molecule has 2 rings (SSSR count). The highest BCUT2D eigenvalue weighted by Gasteiger charge is 2.10. The number of nitrogens with zero attached hydrogens (tertiary/aromatic N) is 1. The summed E-state index contributed by atoms with van der Waals surface area (Å²) in [4.78, 5) is 23.9. The number of rotatable bonds is 8. The molecule has 2 aromatic rings. The monoisotopic (exact) mass is 352 g/mol. The van der Waals surface area contributed by atoms with E-state index in [2.05, 4.69) is 5.32 Å². The summed E-state index contributed by atoms with van der Waals surface area (Å²) >= 11 is 0. The van der Waals surface area contributed by atoms with E-state index in [1.54, 1.807) is 48.5 Å². The number of carbonyl (C=O) groups excluding carboxylic acids is 2. The average molecular weight is 352 g/mol. The van der Waals surface area contributed by atoms with Gasteiger partial charge in [-0.15, -0.1) is 0 Å². The van der Waals surface area contributed by atoms with Gasteiger partial charge < -0.3 is 14.8 Å². The highest BCUT2D eigenvalue weighted by molar-refractivity contribution is 5.93. The zero-order valence-corrected chi connectivity index (χ0v) is 14.5. The van der Waals surface area contributed by atoms with E-state index in [9.17, 15) is 9.59 Å². The van der Waals surface area contributed by atoms with Crippen LogP contribution in [0, 0.1) is 11.3 Å². The highest BCUT2D eigenvalue weighted by atomic mass is 16.5. The van der Waals surface area contributed by atoms with Crippen LogP contribution in [0.3, 0.4) is 0 Å². The van der Waals surface area contributed by atoms with Crippen molar-refractivity contribution in [2.75, 3.05) is 18.5 Å². The minimum absolute atomic E-state index is 0.00317. The number of nitriles is 1. The van der Waals surface area contributed by atoms with Gasteiger partial charge in [0.05, 0.1) is 29.8 Å². The van der Waals surface area contributed by atoms with Gasteiger partial charge in [-0.25, -0.2) is 4.79 Å². The van der Waals surface area contributed by atoms with Crippen molar-refractivity contribution in [3.8, 4) is 11.8 Å². The molecule has 134 valence electrons. The molecular weight excluding hydrogens is 332 g/mol. The number of benzene rings is 2. The van der Waals surface area contributed by atoms with Crippen molar-refractivity contribution in [1.82, 2.24) is 0 Å². The molecule has 0 bridgehead atoms. The van der Waals surface area contributed by atoms with Crippen LogP contribution in [0.1, 0.15) is 35.7 Å². The van der Waals surface area contributed by atoms with Gasteiger partial charge in [-0.05, 0) is 42.8 Å². The van der Waals surface area contributed by atoms with Gasteiger partial charge in [-0.3, -0.25) is 4.79 Å². The predicted molar refractivity (Wildman–Crippen MR) is 96.9 cm³/mol. The molecule has 1 N–H and O–H groups in total. The first-order valence-electron chi connectivity index (χ1n) is 8.33. The number of para-hydroxylation sites is 1. The number of amides is 1. The quantitative estimate of drug-likeness (QED) is 0.734. The Morgan fingerprint density at radius 2 is 1.81 bits per heavy atom. The van der Waals surface area contributed by atoms with Crippen LogP contribution < -0.4 is 10.1 Å². The Balaban J connectivity index is 1.79. The Bertz CT molecular complexity index is 794. The van der Waals surface area contributed by atoms with E-state index < -0.39 is 5.97 Å². The van der Waals surface area contributed by atoms with Gasteiger partial charge in [0.25, 0.3) is 0 Å². The molecule has 0 atom stereocenters. The van der Waals surface area contributed by atoms with Crippen molar-refractivity contribution in [1.29, 1.82) is 5.26 Å². The summed E-state index contributed by atoms with van der Waals surface area (Å²) in [6, 6.07) is 15.4. The largest absolute Gasteiger partial charge is 0.494 e. The molecule has 0 fully saturated rings. The first-order valence-corrected chi connectivity index (χ1v) is 8.33. The van der Waals surface area contributed by atoms with Crippen LogP contribution in [0.15, 0.2) is 48.5 Å². The molecule has 6 heteroatoms. The number of anilines is 1. The van der Waals surface area contributed by atoms with Crippen molar-refractivity contribution >= 4 is 17.6 Å².